The van der Waals surface area contributed by atoms with E-state index >= 15 is 0 Å². The Hall–Kier alpha value is -2.08. The van der Waals surface area contributed by atoms with Crippen molar-refractivity contribution in [3.63, 3.8) is 0 Å². The van der Waals surface area contributed by atoms with E-state index in [0.29, 0.717) is 6.61 Å². The molecular weight excluding hydrogens is 336 g/mol. The molecule has 3 rings (SSSR count). The third-order valence-corrected chi connectivity index (χ3v) is 5.58. The number of aliphatic imine (C=N–C) groups is 1. The summed E-state index contributed by atoms with van der Waals surface area (Å²) in [5.74, 6) is -1.49. The lowest BCUT2D eigenvalue weighted by Crippen LogP contribution is -2.44. The fourth-order valence-corrected chi connectivity index (χ4v) is 4.48. The van der Waals surface area contributed by atoms with Crippen LogP contribution >= 0.6 is 11.8 Å². The molecule has 0 aromatic heterocycles. The lowest BCUT2D eigenvalue weighted by molar-refractivity contribution is -0.148. The highest BCUT2D eigenvalue weighted by Crippen LogP contribution is 2.47. The van der Waals surface area contributed by atoms with Crippen molar-refractivity contribution in [2.24, 2.45) is 22.6 Å². The number of esters is 1. The zero-order valence-corrected chi connectivity index (χ0v) is 15.4. The van der Waals surface area contributed by atoms with E-state index in [1.165, 1.54) is 0 Å². The van der Waals surface area contributed by atoms with Gasteiger partial charge in [0.2, 0.25) is 5.12 Å². The quantitative estimate of drug-likeness (QED) is 0.664. The first-order chi connectivity index (χ1) is 11.9. The van der Waals surface area contributed by atoms with E-state index in [1.807, 2.05) is 44.2 Å². The molecule has 1 heterocycles. The fourth-order valence-electron chi connectivity index (χ4n) is 3.68. The van der Waals surface area contributed by atoms with Crippen LogP contribution < -0.4 is 5.73 Å². The number of amidine groups is 1. The van der Waals surface area contributed by atoms with Gasteiger partial charge in [-0.2, -0.15) is 0 Å². The molecule has 1 aliphatic heterocycles. The van der Waals surface area contributed by atoms with Gasteiger partial charge < -0.3 is 10.5 Å². The predicted octanol–water partition coefficient (Wildman–Crippen LogP) is 2.79. The third kappa shape index (κ3) is 3.35. The largest absolute Gasteiger partial charge is 0.466 e. The van der Waals surface area contributed by atoms with E-state index in [4.69, 9.17) is 10.5 Å². The molecule has 2 N–H and O–H groups in total. The number of hydrogen-bond acceptors (Lipinski definition) is 6. The highest BCUT2D eigenvalue weighted by Gasteiger charge is 2.48. The summed E-state index contributed by atoms with van der Waals surface area (Å²) >= 11 is 0.964. The molecule has 0 saturated heterocycles. The maximum atomic E-state index is 12.7. The fraction of sp³-hybridized carbons (Fsp3) is 0.421. The minimum absolute atomic E-state index is 0.0406. The molecule has 5 nitrogen and oxygen atoms in total. The van der Waals surface area contributed by atoms with Crippen molar-refractivity contribution >= 4 is 28.0 Å². The molecule has 1 aromatic rings. The smallest absolute Gasteiger partial charge is 0.313 e. The summed E-state index contributed by atoms with van der Waals surface area (Å²) in [7, 11) is 0. The van der Waals surface area contributed by atoms with Gasteiger partial charge in [-0.05, 0) is 38.1 Å². The van der Waals surface area contributed by atoms with Crippen LogP contribution in [0.4, 0.5) is 0 Å². The highest BCUT2D eigenvalue weighted by atomic mass is 32.2. The van der Waals surface area contributed by atoms with Crippen LogP contribution in [0.1, 0.15) is 30.9 Å². The SMILES string of the molecule is CCOC(=O)C1C(C)=CC2N=C(N)SC(=O)C2C1c1ccc(C)cc1. The third-order valence-electron chi connectivity index (χ3n) is 4.79. The molecule has 0 spiro atoms. The number of fused-ring (bicyclic) bond motifs is 1. The average molecular weight is 358 g/mol. The molecule has 0 radical (unpaired) electrons. The number of carbonyl (C=O) groups excluding carboxylic acids is 2. The maximum absolute atomic E-state index is 12.7. The zero-order valence-electron chi connectivity index (χ0n) is 14.6. The summed E-state index contributed by atoms with van der Waals surface area (Å²) in [6, 6.07) is 7.64. The van der Waals surface area contributed by atoms with Gasteiger partial charge in [-0.3, -0.25) is 14.6 Å². The van der Waals surface area contributed by atoms with Crippen molar-refractivity contribution in [2.75, 3.05) is 6.61 Å². The van der Waals surface area contributed by atoms with Gasteiger partial charge in [0.05, 0.1) is 24.5 Å². The molecule has 1 aromatic carbocycles. The van der Waals surface area contributed by atoms with Gasteiger partial charge in [0.25, 0.3) is 0 Å². The zero-order chi connectivity index (χ0) is 18.1. The Morgan fingerprint density at radius 3 is 2.56 bits per heavy atom. The van der Waals surface area contributed by atoms with Crippen LogP contribution in [0.15, 0.2) is 40.9 Å². The summed E-state index contributed by atoms with van der Waals surface area (Å²) in [6.45, 7) is 6.01. The second kappa shape index (κ2) is 7.04. The number of thioether (sulfide) groups is 1. The normalized spacial score (nSPS) is 28.7. The van der Waals surface area contributed by atoms with E-state index in [0.717, 1.165) is 28.5 Å². The van der Waals surface area contributed by atoms with Crippen LogP contribution in [0.2, 0.25) is 0 Å². The minimum Gasteiger partial charge on any atom is -0.466 e. The molecule has 0 saturated carbocycles. The maximum Gasteiger partial charge on any atom is 0.313 e. The van der Waals surface area contributed by atoms with Gasteiger partial charge in [-0.1, -0.05) is 41.5 Å². The summed E-state index contributed by atoms with van der Waals surface area (Å²) in [5.41, 5.74) is 8.75. The number of benzene rings is 1. The summed E-state index contributed by atoms with van der Waals surface area (Å²) in [5, 5.41) is 0.244. The standard InChI is InChI=1S/C19H22N2O3S/c1-4-24-17(22)14-11(3)9-13-16(18(23)25-19(20)21-13)15(14)12-7-5-10(2)6-8-12/h5-9,13-16H,4H2,1-3H3,(H2,20,21). The molecule has 132 valence electrons. The van der Waals surface area contributed by atoms with Gasteiger partial charge in [0.15, 0.2) is 5.17 Å². The van der Waals surface area contributed by atoms with Crippen LogP contribution in [-0.4, -0.2) is 28.9 Å². The number of carbonyl (C=O) groups is 2. The molecule has 0 amide bonds. The van der Waals surface area contributed by atoms with Gasteiger partial charge in [0, 0.05) is 5.92 Å². The van der Waals surface area contributed by atoms with E-state index in [1.54, 1.807) is 6.92 Å². The lowest BCUT2D eigenvalue weighted by Gasteiger charge is -2.40. The van der Waals surface area contributed by atoms with Crippen LogP contribution in [0, 0.1) is 18.8 Å². The summed E-state index contributed by atoms with van der Waals surface area (Å²) in [4.78, 5) is 29.9. The second-order valence-electron chi connectivity index (χ2n) is 6.48. The number of rotatable bonds is 3. The Morgan fingerprint density at radius 2 is 1.92 bits per heavy atom. The number of hydrogen-bond donors (Lipinski definition) is 1. The van der Waals surface area contributed by atoms with Crippen molar-refractivity contribution in [2.45, 2.75) is 32.7 Å². The minimum atomic E-state index is -0.483. The Morgan fingerprint density at radius 1 is 1.24 bits per heavy atom. The van der Waals surface area contributed by atoms with E-state index in [9.17, 15) is 9.59 Å². The molecule has 6 heteroatoms. The Balaban J connectivity index is 2.12. The molecule has 4 unspecified atom stereocenters. The summed E-state index contributed by atoms with van der Waals surface area (Å²) < 4.78 is 5.30. The second-order valence-corrected chi connectivity index (χ2v) is 7.51. The van der Waals surface area contributed by atoms with Crippen molar-refractivity contribution in [1.29, 1.82) is 0 Å². The van der Waals surface area contributed by atoms with Crippen molar-refractivity contribution in [3.05, 3.63) is 47.0 Å². The number of nitrogens with two attached hydrogens (primary N) is 1. The van der Waals surface area contributed by atoms with Crippen molar-refractivity contribution in [3.8, 4) is 0 Å². The molecule has 4 atom stereocenters. The molecule has 1 aliphatic carbocycles. The topological polar surface area (TPSA) is 81.8 Å². The Kier molecular flexibility index (Phi) is 4.99. The summed E-state index contributed by atoms with van der Waals surface area (Å²) in [6.07, 6.45) is 1.89. The van der Waals surface area contributed by atoms with Crippen LogP contribution in [0.3, 0.4) is 0 Å². The van der Waals surface area contributed by atoms with Crippen molar-refractivity contribution in [1.82, 2.24) is 0 Å². The van der Waals surface area contributed by atoms with E-state index in [2.05, 4.69) is 4.99 Å². The lowest BCUT2D eigenvalue weighted by atomic mass is 9.67. The van der Waals surface area contributed by atoms with Gasteiger partial charge >= 0.3 is 5.97 Å². The predicted molar refractivity (Wildman–Crippen MR) is 99.3 cm³/mol. The number of nitrogens with zero attached hydrogens (tertiary/aromatic N) is 1. The van der Waals surface area contributed by atoms with E-state index < -0.39 is 11.8 Å². The van der Waals surface area contributed by atoms with Gasteiger partial charge in [-0.25, -0.2) is 0 Å². The Bertz CT molecular complexity index is 754. The first kappa shape index (κ1) is 17.7. The molecule has 0 fully saturated rings. The molecule has 2 aliphatic rings. The molecule has 25 heavy (non-hydrogen) atoms. The Labute approximate surface area is 151 Å². The monoisotopic (exact) mass is 358 g/mol. The number of ether oxygens (including phenoxy) is 1. The first-order valence-electron chi connectivity index (χ1n) is 8.38. The van der Waals surface area contributed by atoms with Crippen LogP contribution in [-0.2, 0) is 14.3 Å². The molecular formula is C19H22N2O3S. The average Bonchev–Trinajstić information content (AvgIpc) is 2.54. The van der Waals surface area contributed by atoms with Crippen LogP contribution in [0.5, 0.6) is 0 Å². The van der Waals surface area contributed by atoms with Crippen LogP contribution in [0.25, 0.3) is 0 Å². The number of aryl methyl sites for hydroxylation is 1. The highest BCUT2D eigenvalue weighted by molar-refractivity contribution is 8.26. The van der Waals surface area contributed by atoms with Crippen molar-refractivity contribution < 1.29 is 14.3 Å². The first-order valence-corrected chi connectivity index (χ1v) is 9.20. The van der Waals surface area contributed by atoms with Gasteiger partial charge in [-0.15, -0.1) is 0 Å². The van der Waals surface area contributed by atoms with Gasteiger partial charge in [0.1, 0.15) is 0 Å². The molecule has 0 bridgehead atoms. The van der Waals surface area contributed by atoms with E-state index in [-0.39, 0.29) is 28.2 Å².